The van der Waals surface area contributed by atoms with Crippen molar-refractivity contribution in [3.8, 4) is 0 Å². The highest BCUT2D eigenvalue weighted by molar-refractivity contribution is 4.94. The summed E-state index contributed by atoms with van der Waals surface area (Å²) in [4.78, 5) is 1.69. The van der Waals surface area contributed by atoms with Crippen molar-refractivity contribution >= 4 is 0 Å². The molecular weight excluding hydrogens is 198 g/mol. The molecule has 2 N–H and O–H groups in total. The van der Waals surface area contributed by atoms with Gasteiger partial charge in [-0.3, -0.25) is 0 Å². The molecule has 0 aliphatic heterocycles. The molecule has 0 aromatic heterocycles. The third kappa shape index (κ3) is 3.38. The van der Waals surface area contributed by atoms with E-state index in [4.69, 9.17) is 5.73 Å². The number of rotatable bonds is 4. The van der Waals surface area contributed by atoms with E-state index in [-0.39, 0.29) is 18.0 Å². The topological polar surface area (TPSA) is 29.3 Å². The molecule has 2 nitrogen and oxygen atoms in total. The Balaban J connectivity index is 2.40. The molecule has 1 aliphatic rings. The summed E-state index contributed by atoms with van der Waals surface area (Å²) >= 11 is 0. The van der Waals surface area contributed by atoms with Crippen LogP contribution in [0.4, 0.5) is 8.78 Å². The van der Waals surface area contributed by atoms with Gasteiger partial charge < -0.3 is 10.6 Å². The van der Waals surface area contributed by atoms with Crippen molar-refractivity contribution < 1.29 is 8.78 Å². The minimum Gasteiger partial charge on any atom is -0.327 e. The van der Waals surface area contributed by atoms with Crippen molar-refractivity contribution in [1.29, 1.82) is 0 Å². The summed E-state index contributed by atoms with van der Waals surface area (Å²) in [6.07, 6.45) is -0.0936. The standard InChI is InChI=1S/C11H22F2N2/c1-11(2)5-4-8(10(11)14)6-15(3)7-9(12)13/h8-10H,4-7,14H2,1-3H3. The average Bonchev–Trinajstić information content (AvgIpc) is 2.30. The predicted molar refractivity (Wildman–Crippen MR) is 58.0 cm³/mol. The zero-order chi connectivity index (χ0) is 11.6. The van der Waals surface area contributed by atoms with Crippen LogP contribution in [0, 0.1) is 11.3 Å². The number of alkyl halides is 2. The lowest BCUT2D eigenvalue weighted by Gasteiger charge is -2.29. The fraction of sp³-hybridized carbons (Fsp3) is 1.00. The van der Waals surface area contributed by atoms with E-state index in [1.807, 2.05) is 0 Å². The number of nitrogens with two attached hydrogens (primary N) is 1. The van der Waals surface area contributed by atoms with E-state index in [0.717, 1.165) is 12.8 Å². The molecule has 15 heavy (non-hydrogen) atoms. The van der Waals surface area contributed by atoms with E-state index in [1.165, 1.54) is 0 Å². The van der Waals surface area contributed by atoms with Crippen molar-refractivity contribution in [2.75, 3.05) is 20.1 Å². The van der Waals surface area contributed by atoms with Crippen LogP contribution < -0.4 is 5.73 Å². The number of nitrogens with zero attached hydrogens (tertiary/aromatic N) is 1. The molecule has 0 bridgehead atoms. The van der Waals surface area contributed by atoms with Gasteiger partial charge in [0, 0.05) is 12.6 Å². The van der Waals surface area contributed by atoms with E-state index in [2.05, 4.69) is 13.8 Å². The summed E-state index contributed by atoms with van der Waals surface area (Å²) < 4.78 is 24.3. The molecule has 1 fully saturated rings. The zero-order valence-electron chi connectivity index (χ0n) is 9.84. The van der Waals surface area contributed by atoms with E-state index in [1.54, 1.807) is 11.9 Å². The third-order valence-electron chi connectivity index (χ3n) is 3.57. The molecule has 0 aromatic rings. The van der Waals surface area contributed by atoms with Gasteiger partial charge in [0.25, 0.3) is 6.43 Å². The van der Waals surface area contributed by atoms with Crippen molar-refractivity contribution in [1.82, 2.24) is 4.90 Å². The summed E-state index contributed by atoms with van der Waals surface area (Å²) in [5, 5.41) is 0. The van der Waals surface area contributed by atoms with E-state index >= 15 is 0 Å². The Hall–Kier alpha value is -0.220. The van der Waals surface area contributed by atoms with Crippen molar-refractivity contribution in [2.45, 2.75) is 39.2 Å². The summed E-state index contributed by atoms with van der Waals surface area (Å²) in [5.74, 6) is 0.365. The lowest BCUT2D eigenvalue weighted by atomic mass is 9.85. The second-order valence-corrected chi connectivity index (χ2v) is 5.43. The fourth-order valence-electron chi connectivity index (χ4n) is 2.46. The molecule has 1 rings (SSSR count). The van der Waals surface area contributed by atoms with Crippen LogP contribution in [0.25, 0.3) is 0 Å². The van der Waals surface area contributed by atoms with Gasteiger partial charge in [-0.1, -0.05) is 13.8 Å². The van der Waals surface area contributed by atoms with Crippen LogP contribution in [0.3, 0.4) is 0 Å². The first-order valence-corrected chi connectivity index (χ1v) is 5.55. The fourth-order valence-corrected chi connectivity index (χ4v) is 2.46. The van der Waals surface area contributed by atoms with Gasteiger partial charge >= 0.3 is 0 Å². The number of halogens is 2. The van der Waals surface area contributed by atoms with Crippen LogP contribution in [0.1, 0.15) is 26.7 Å². The Morgan fingerprint density at radius 2 is 2.07 bits per heavy atom. The molecule has 0 radical (unpaired) electrons. The summed E-state index contributed by atoms with van der Waals surface area (Å²) in [5.41, 5.74) is 6.28. The van der Waals surface area contributed by atoms with Gasteiger partial charge in [-0.05, 0) is 31.2 Å². The summed E-state index contributed by atoms with van der Waals surface area (Å²) in [6, 6.07) is 0.137. The van der Waals surface area contributed by atoms with Crippen LogP contribution >= 0.6 is 0 Å². The Kier molecular flexibility index (Phi) is 4.06. The Morgan fingerprint density at radius 3 is 2.47 bits per heavy atom. The lowest BCUT2D eigenvalue weighted by Crippen LogP contribution is -2.42. The first-order chi connectivity index (χ1) is 6.83. The van der Waals surface area contributed by atoms with Crippen LogP contribution in [0.2, 0.25) is 0 Å². The molecule has 0 saturated heterocycles. The second-order valence-electron chi connectivity index (χ2n) is 5.43. The van der Waals surface area contributed by atoms with Gasteiger partial charge in [0.1, 0.15) is 0 Å². The highest BCUT2D eigenvalue weighted by Gasteiger charge is 2.39. The van der Waals surface area contributed by atoms with Crippen LogP contribution in [-0.4, -0.2) is 37.5 Å². The van der Waals surface area contributed by atoms with Gasteiger partial charge in [-0.15, -0.1) is 0 Å². The highest BCUT2D eigenvalue weighted by atomic mass is 19.3. The molecule has 0 aromatic carbocycles. The van der Waals surface area contributed by atoms with Crippen LogP contribution in [0.5, 0.6) is 0 Å². The Bertz CT molecular complexity index is 207. The maximum absolute atomic E-state index is 12.1. The van der Waals surface area contributed by atoms with Gasteiger partial charge in [-0.2, -0.15) is 0 Å². The van der Waals surface area contributed by atoms with Crippen molar-refractivity contribution in [3.05, 3.63) is 0 Å². The van der Waals surface area contributed by atoms with E-state index in [9.17, 15) is 8.78 Å². The van der Waals surface area contributed by atoms with E-state index < -0.39 is 6.43 Å². The number of hydrogen-bond donors (Lipinski definition) is 1. The molecule has 0 heterocycles. The monoisotopic (exact) mass is 220 g/mol. The molecule has 2 atom stereocenters. The maximum atomic E-state index is 12.1. The lowest BCUT2D eigenvalue weighted by molar-refractivity contribution is 0.0907. The van der Waals surface area contributed by atoms with Gasteiger partial charge in [-0.25, -0.2) is 8.78 Å². The van der Waals surface area contributed by atoms with Gasteiger partial charge in [0.05, 0.1) is 6.54 Å². The van der Waals surface area contributed by atoms with Crippen molar-refractivity contribution in [3.63, 3.8) is 0 Å². The molecule has 0 spiro atoms. The SMILES string of the molecule is CN(CC(F)F)CC1CCC(C)(C)C1N. The Morgan fingerprint density at radius 1 is 1.47 bits per heavy atom. The zero-order valence-corrected chi connectivity index (χ0v) is 9.84. The van der Waals surface area contributed by atoms with E-state index in [0.29, 0.717) is 12.5 Å². The first-order valence-electron chi connectivity index (χ1n) is 5.55. The van der Waals surface area contributed by atoms with Crippen LogP contribution in [-0.2, 0) is 0 Å². The first kappa shape index (κ1) is 12.8. The quantitative estimate of drug-likeness (QED) is 0.784. The smallest absolute Gasteiger partial charge is 0.251 e. The van der Waals surface area contributed by atoms with Gasteiger partial charge in [0.15, 0.2) is 0 Å². The largest absolute Gasteiger partial charge is 0.327 e. The van der Waals surface area contributed by atoms with Crippen LogP contribution in [0.15, 0.2) is 0 Å². The molecule has 90 valence electrons. The Labute approximate surface area is 90.8 Å². The average molecular weight is 220 g/mol. The molecule has 1 aliphatic carbocycles. The molecule has 1 saturated carbocycles. The predicted octanol–water partition coefficient (Wildman–Crippen LogP) is 1.95. The molecule has 4 heteroatoms. The minimum atomic E-state index is -2.25. The third-order valence-corrected chi connectivity index (χ3v) is 3.57. The number of hydrogen-bond acceptors (Lipinski definition) is 2. The second kappa shape index (κ2) is 4.74. The summed E-state index contributed by atoms with van der Waals surface area (Å²) in [7, 11) is 1.74. The molecule has 0 amide bonds. The minimum absolute atomic E-state index is 0.137. The van der Waals surface area contributed by atoms with Gasteiger partial charge in [0.2, 0.25) is 0 Å². The highest BCUT2D eigenvalue weighted by Crippen LogP contribution is 2.40. The summed E-state index contributed by atoms with van der Waals surface area (Å²) in [6.45, 7) is 4.86. The molecule has 2 unspecified atom stereocenters. The normalized spacial score (nSPS) is 30.4. The maximum Gasteiger partial charge on any atom is 0.251 e. The molecular formula is C11H22F2N2. The van der Waals surface area contributed by atoms with Crippen molar-refractivity contribution in [2.24, 2.45) is 17.1 Å².